The predicted molar refractivity (Wildman–Crippen MR) is 85.3 cm³/mol. The monoisotopic (exact) mass is 283 g/mol. The van der Waals surface area contributed by atoms with Crippen LogP contribution < -0.4 is 10.3 Å². The van der Waals surface area contributed by atoms with Gasteiger partial charge in [-0.2, -0.15) is 5.10 Å². The average molecular weight is 283 g/mol. The van der Waals surface area contributed by atoms with Crippen molar-refractivity contribution in [2.75, 3.05) is 11.9 Å². The Hall–Kier alpha value is -2.10. The Morgan fingerprint density at radius 1 is 1.38 bits per heavy atom. The molecule has 0 saturated heterocycles. The summed E-state index contributed by atoms with van der Waals surface area (Å²) in [4.78, 5) is 13.7. The molecule has 1 amide bonds. The van der Waals surface area contributed by atoms with E-state index in [-0.39, 0.29) is 17.2 Å². The van der Waals surface area contributed by atoms with Gasteiger partial charge in [0.15, 0.2) is 0 Å². The maximum atomic E-state index is 11.5. The highest BCUT2D eigenvalue weighted by atomic mass is 16.2. The standard InChI is InChI=1S/C17H21N3O/c1-17(2)13-6-4-5-7-14(13)20(3)15(17)10-11-18-19-16(21)12-8-9-12/h4-7,10-12H,8-9H2,1-3H3,(H,19,21)/b15-10+,18-11?. The van der Waals surface area contributed by atoms with E-state index in [0.717, 1.165) is 12.8 Å². The molecule has 0 aromatic heterocycles. The maximum Gasteiger partial charge on any atom is 0.243 e. The molecule has 3 rings (SSSR count). The first-order chi connectivity index (χ1) is 10.0. The highest BCUT2D eigenvalue weighted by Crippen LogP contribution is 2.46. The molecular formula is C17H21N3O. The highest BCUT2D eigenvalue weighted by molar-refractivity contribution is 5.83. The number of hydrogen-bond acceptors (Lipinski definition) is 3. The molecule has 0 spiro atoms. The van der Waals surface area contributed by atoms with Crippen molar-refractivity contribution in [3.8, 4) is 0 Å². The van der Waals surface area contributed by atoms with Gasteiger partial charge in [0.25, 0.3) is 0 Å². The van der Waals surface area contributed by atoms with Crippen molar-refractivity contribution in [2.24, 2.45) is 11.0 Å². The number of fused-ring (bicyclic) bond motifs is 1. The molecule has 1 saturated carbocycles. The van der Waals surface area contributed by atoms with Gasteiger partial charge in [-0.25, -0.2) is 5.43 Å². The van der Waals surface area contributed by atoms with Gasteiger partial charge < -0.3 is 4.90 Å². The Morgan fingerprint density at radius 3 is 2.76 bits per heavy atom. The lowest BCUT2D eigenvalue weighted by molar-refractivity contribution is -0.122. The summed E-state index contributed by atoms with van der Waals surface area (Å²) in [6.07, 6.45) is 5.65. The summed E-state index contributed by atoms with van der Waals surface area (Å²) in [5.41, 5.74) is 6.26. The topological polar surface area (TPSA) is 44.7 Å². The van der Waals surface area contributed by atoms with E-state index >= 15 is 0 Å². The number of allylic oxidation sites excluding steroid dienone is 2. The van der Waals surface area contributed by atoms with Gasteiger partial charge in [0.05, 0.1) is 0 Å². The Labute approximate surface area is 125 Å². The SMILES string of the molecule is CN1/C(=C/C=NNC(=O)C2CC2)C(C)(C)c2ccccc21. The van der Waals surface area contributed by atoms with E-state index < -0.39 is 0 Å². The van der Waals surface area contributed by atoms with Crippen LogP contribution in [0.3, 0.4) is 0 Å². The summed E-state index contributed by atoms with van der Waals surface area (Å²) in [5, 5.41) is 4.03. The van der Waals surface area contributed by atoms with E-state index in [1.165, 1.54) is 16.9 Å². The summed E-state index contributed by atoms with van der Waals surface area (Å²) in [5.74, 6) is 0.219. The van der Waals surface area contributed by atoms with Gasteiger partial charge in [-0.1, -0.05) is 32.0 Å². The summed E-state index contributed by atoms with van der Waals surface area (Å²) in [6, 6.07) is 8.42. The van der Waals surface area contributed by atoms with Gasteiger partial charge in [-0.3, -0.25) is 4.79 Å². The summed E-state index contributed by atoms with van der Waals surface area (Å²) in [7, 11) is 2.07. The fourth-order valence-corrected chi connectivity index (χ4v) is 2.95. The zero-order valence-electron chi connectivity index (χ0n) is 12.8. The number of rotatable bonds is 3. The Morgan fingerprint density at radius 2 is 2.10 bits per heavy atom. The molecule has 21 heavy (non-hydrogen) atoms. The minimum atomic E-state index is -0.0577. The minimum Gasteiger partial charge on any atom is -0.347 e. The number of amides is 1. The van der Waals surface area contributed by atoms with Crippen molar-refractivity contribution in [3.05, 3.63) is 41.6 Å². The lowest BCUT2D eigenvalue weighted by Crippen LogP contribution is -2.23. The molecule has 0 radical (unpaired) electrons. The van der Waals surface area contributed by atoms with E-state index in [0.29, 0.717) is 0 Å². The van der Waals surface area contributed by atoms with Crippen LogP contribution in [0.5, 0.6) is 0 Å². The van der Waals surface area contributed by atoms with Crippen LogP contribution in [0.1, 0.15) is 32.3 Å². The number of carbonyl (C=O) groups is 1. The van der Waals surface area contributed by atoms with Gasteiger partial charge in [0, 0.05) is 36.0 Å². The Bertz CT molecular complexity index is 627. The molecule has 1 aromatic rings. The fourth-order valence-electron chi connectivity index (χ4n) is 2.95. The van der Waals surface area contributed by atoms with Crippen LogP contribution in [0, 0.1) is 5.92 Å². The van der Waals surface area contributed by atoms with Crippen LogP contribution in [-0.2, 0) is 10.2 Å². The van der Waals surface area contributed by atoms with Gasteiger partial charge in [-0.05, 0) is 30.5 Å². The van der Waals surface area contributed by atoms with Crippen LogP contribution in [0.15, 0.2) is 41.1 Å². The lowest BCUT2D eigenvalue weighted by Gasteiger charge is -2.23. The number of nitrogens with one attached hydrogen (secondary N) is 1. The fraction of sp³-hybridized carbons (Fsp3) is 0.412. The van der Waals surface area contributed by atoms with Gasteiger partial charge in [-0.15, -0.1) is 0 Å². The molecule has 1 N–H and O–H groups in total. The van der Waals surface area contributed by atoms with Crippen molar-refractivity contribution < 1.29 is 4.79 Å². The van der Waals surface area contributed by atoms with E-state index in [2.05, 4.69) is 60.6 Å². The molecule has 1 aromatic carbocycles. The molecule has 2 aliphatic rings. The van der Waals surface area contributed by atoms with Gasteiger partial charge >= 0.3 is 0 Å². The summed E-state index contributed by atoms with van der Waals surface area (Å²) < 4.78 is 0. The van der Waals surface area contributed by atoms with Crippen molar-refractivity contribution >= 4 is 17.8 Å². The van der Waals surface area contributed by atoms with E-state index in [1.54, 1.807) is 6.21 Å². The second-order valence-electron chi connectivity index (χ2n) is 6.28. The predicted octanol–water partition coefficient (Wildman–Crippen LogP) is 2.81. The number of para-hydroxylation sites is 1. The minimum absolute atomic E-state index is 0.0342. The highest BCUT2D eigenvalue weighted by Gasteiger charge is 2.37. The Balaban J connectivity index is 1.77. The third-order valence-electron chi connectivity index (χ3n) is 4.37. The molecule has 0 bridgehead atoms. The molecule has 4 heteroatoms. The number of likely N-dealkylation sites (N-methyl/N-ethyl adjacent to an activating group) is 1. The van der Waals surface area contributed by atoms with Crippen LogP contribution in [-0.4, -0.2) is 19.2 Å². The number of hydrazone groups is 1. The first kappa shape index (κ1) is 13.9. The smallest absolute Gasteiger partial charge is 0.243 e. The quantitative estimate of drug-likeness (QED) is 0.685. The second kappa shape index (κ2) is 5.02. The molecule has 110 valence electrons. The second-order valence-corrected chi connectivity index (χ2v) is 6.28. The van der Waals surface area contributed by atoms with E-state index in [1.807, 2.05) is 6.08 Å². The van der Waals surface area contributed by atoms with Crippen molar-refractivity contribution in [3.63, 3.8) is 0 Å². The van der Waals surface area contributed by atoms with Crippen LogP contribution in [0.25, 0.3) is 0 Å². The molecule has 0 unspecified atom stereocenters. The van der Waals surface area contributed by atoms with Gasteiger partial charge in [0.2, 0.25) is 5.91 Å². The largest absolute Gasteiger partial charge is 0.347 e. The van der Waals surface area contributed by atoms with Crippen molar-refractivity contribution in [1.82, 2.24) is 5.43 Å². The number of carbonyl (C=O) groups excluding carboxylic acids is 1. The molecule has 1 fully saturated rings. The zero-order chi connectivity index (χ0) is 15.0. The average Bonchev–Trinajstić information content (AvgIpc) is 3.28. The molecule has 0 atom stereocenters. The lowest BCUT2D eigenvalue weighted by atomic mass is 9.84. The molecule has 4 nitrogen and oxygen atoms in total. The number of nitrogens with zero attached hydrogens (tertiary/aromatic N) is 2. The molecular weight excluding hydrogens is 262 g/mol. The third-order valence-corrected chi connectivity index (χ3v) is 4.37. The van der Waals surface area contributed by atoms with Crippen molar-refractivity contribution in [2.45, 2.75) is 32.1 Å². The summed E-state index contributed by atoms with van der Waals surface area (Å²) in [6.45, 7) is 4.41. The van der Waals surface area contributed by atoms with E-state index in [9.17, 15) is 4.79 Å². The molecule has 1 aliphatic carbocycles. The number of anilines is 1. The summed E-state index contributed by atoms with van der Waals surface area (Å²) >= 11 is 0. The number of hydrogen-bond donors (Lipinski definition) is 1. The van der Waals surface area contributed by atoms with Crippen LogP contribution >= 0.6 is 0 Å². The third kappa shape index (κ3) is 2.46. The first-order valence-corrected chi connectivity index (χ1v) is 7.38. The normalized spacial score (nSPS) is 21.9. The van der Waals surface area contributed by atoms with Gasteiger partial charge in [0.1, 0.15) is 0 Å². The first-order valence-electron chi connectivity index (χ1n) is 7.38. The number of benzene rings is 1. The molecule has 1 heterocycles. The maximum absolute atomic E-state index is 11.5. The van der Waals surface area contributed by atoms with E-state index in [4.69, 9.17) is 0 Å². The zero-order valence-corrected chi connectivity index (χ0v) is 12.8. The Kier molecular flexibility index (Phi) is 3.32. The van der Waals surface area contributed by atoms with Crippen molar-refractivity contribution in [1.29, 1.82) is 0 Å². The van der Waals surface area contributed by atoms with Crippen LogP contribution in [0.2, 0.25) is 0 Å². The van der Waals surface area contributed by atoms with Crippen LogP contribution in [0.4, 0.5) is 5.69 Å². The molecule has 1 aliphatic heterocycles.